The van der Waals surface area contributed by atoms with Crippen LogP contribution in [0.5, 0.6) is 11.5 Å². The highest BCUT2D eigenvalue weighted by Crippen LogP contribution is 2.31. The van der Waals surface area contributed by atoms with Gasteiger partial charge >= 0.3 is 0 Å². The van der Waals surface area contributed by atoms with Gasteiger partial charge in [-0.15, -0.1) is 11.8 Å². The molecule has 2 rings (SSSR count). The summed E-state index contributed by atoms with van der Waals surface area (Å²) in [7, 11) is 1.86. The number of benzene rings is 1. The fraction of sp³-hybridized carbons (Fsp3) is 0.250. The van der Waals surface area contributed by atoms with Crippen molar-refractivity contribution in [3.63, 3.8) is 0 Å². The number of thioether (sulfide) groups is 1. The molecule has 0 saturated carbocycles. The molecule has 2 N–H and O–H groups in total. The summed E-state index contributed by atoms with van der Waals surface area (Å²) >= 11 is 1.67. The smallest absolute Gasteiger partial charge is 0.165 e. The fourth-order valence-electron chi connectivity index (χ4n) is 1.61. The number of hydrogen-bond acceptors (Lipinski definition) is 4. The lowest BCUT2D eigenvalue weighted by Gasteiger charge is -2.11. The SMILES string of the molecule is CSc1cccc(Oc2cnn(C)c2)c1CN. The highest BCUT2D eigenvalue weighted by atomic mass is 32.2. The number of nitrogens with two attached hydrogens (primary N) is 1. The molecule has 4 nitrogen and oxygen atoms in total. The third kappa shape index (κ3) is 2.62. The zero-order chi connectivity index (χ0) is 12.3. The summed E-state index contributed by atoms with van der Waals surface area (Å²) in [6, 6.07) is 5.94. The Balaban J connectivity index is 2.32. The highest BCUT2D eigenvalue weighted by Gasteiger charge is 2.09. The van der Waals surface area contributed by atoms with E-state index in [9.17, 15) is 0 Å². The molecule has 0 aliphatic rings. The highest BCUT2D eigenvalue weighted by molar-refractivity contribution is 7.98. The van der Waals surface area contributed by atoms with Crippen LogP contribution in [0.15, 0.2) is 35.5 Å². The Kier molecular flexibility index (Phi) is 3.71. The quantitative estimate of drug-likeness (QED) is 0.845. The average molecular weight is 249 g/mol. The minimum atomic E-state index is 0.465. The largest absolute Gasteiger partial charge is 0.454 e. The van der Waals surface area contributed by atoms with Crippen molar-refractivity contribution in [1.82, 2.24) is 9.78 Å². The number of nitrogens with zero attached hydrogens (tertiary/aromatic N) is 2. The van der Waals surface area contributed by atoms with Crippen LogP contribution in [-0.2, 0) is 13.6 Å². The molecule has 0 bridgehead atoms. The lowest BCUT2D eigenvalue weighted by molar-refractivity contribution is 0.473. The Morgan fingerprint density at radius 1 is 1.47 bits per heavy atom. The number of rotatable bonds is 4. The first-order valence-corrected chi connectivity index (χ1v) is 6.49. The van der Waals surface area contributed by atoms with Gasteiger partial charge in [0.05, 0.1) is 12.4 Å². The van der Waals surface area contributed by atoms with Gasteiger partial charge in [0.15, 0.2) is 5.75 Å². The summed E-state index contributed by atoms with van der Waals surface area (Å²) < 4.78 is 7.49. The van der Waals surface area contributed by atoms with Crippen molar-refractivity contribution in [2.45, 2.75) is 11.4 Å². The number of aromatic nitrogens is 2. The van der Waals surface area contributed by atoms with Gasteiger partial charge in [-0.25, -0.2) is 0 Å². The van der Waals surface area contributed by atoms with E-state index in [1.807, 2.05) is 37.7 Å². The Morgan fingerprint density at radius 3 is 2.88 bits per heavy atom. The van der Waals surface area contributed by atoms with Crippen molar-refractivity contribution in [3.05, 3.63) is 36.2 Å². The molecule has 1 aromatic heterocycles. The molecule has 0 aliphatic heterocycles. The molecular formula is C12H15N3OS. The van der Waals surface area contributed by atoms with Crippen LogP contribution in [0.1, 0.15) is 5.56 Å². The number of ether oxygens (including phenoxy) is 1. The van der Waals surface area contributed by atoms with E-state index in [1.54, 1.807) is 22.6 Å². The summed E-state index contributed by atoms with van der Waals surface area (Å²) in [4.78, 5) is 1.15. The van der Waals surface area contributed by atoms with Crippen LogP contribution in [0.25, 0.3) is 0 Å². The summed E-state index contributed by atoms with van der Waals surface area (Å²) in [5.74, 6) is 1.52. The molecule has 0 aliphatic carbocycles. The monoisotopic (exact) mass is 249 g/mol. The normalized spacial score (nSPS) is 10.5. The lowest BCUT2D eigenvalue weighted by atomic mass is 10.2. The first-order valence-electron chi connectivity index (χ1n) is 5.27. The molecule has 0 amide bonds. The summed E-state index contributed by atoms with van der Waals surface area (Å²) in [6.45, 7) is 0.465. The number of aryl methyl sites for hydroxylation is 1. The molecule has 1 heterocycles. The standard InChI is InChI=1S/C12H15N3OS/c1-15-8-9(7-14-15)16-11-4-3-5-12(17-2)10(11)6-13/h3-5,7-8H,6,13H2,1-2H3. The molecule has 0 radical (unpaired) electrons. The van der Waals surface area contributed by atoms with Crippen LogP contribution < -0.4 is 10.5 Å². The van der Waals surface area contributed by atoms with E-state index in [-0.39, 0.29) is 0 Å². The van der Waals surface area contributed by atoms with Crippen molar-refractivity contribution < 1.29 is 4.74 Å². The van der Waals surface area contributed by atoms with Crippen molar-refractivity contribution in [2.75, 3.05) is 6.26 Å². The van der Waals surface area contributed by atoms with Crippen LogP contribution in [0.2, 0.25) is 0 Å². The predicted molar refractivity (Wildman–Crippen MR) is 69.4 cm³/mol. The summed E-state index contributed by atoms with van der Waals surface area (Å²) in [5, 5.41) is 4.07. The Labute approximate surface area is 105 Å². The maximum Gasteiger partial charge on any atom is 0.165 e. The van der Waals surface area contributed by atoms with Crippen LogP contribution in [0.4, 0.5) is 0 Å². The Bertz CT molecular complexity index is 510. The van der Waals surface area contributed by atoms with Gasteiger partial charge in [-0.1, -0.05) is 6.07 Å². The summed E-state index contributed by atoms with van der Waals surface area (Å²) in [5.41, 5.74) is 6.80. The molecule has 0 saturated heterocycles. The molecule has 5 heteroatoms. The second-order valence-electron chi connectivity index (χ2n) is 3.59. The molecule has 90 valence electrons. The van der Waals surface area contributed by atoms with E-state index in [2.05, 4.69) is 5.10 Å². The molecule has 0 fully saturated rings. The van der Waals surface area contributed by atoms with Gasteiger partial charge in [-0.2, -0.15) is 5.10 Å². The molecule has 0 spiro atoms. The molecule has 0 atom stereocenters. The predicted octanol–water partition coefficient (Wildman–Crippen LogP) is 2.39. The average Bonchev–Trinajstić information content (AvgIpc) is 2.74. The third-order valence-electron chi connectivity index (χ3n) is 2.42. The van der Waals surface area contributed by atoms with Gasteiger partial charge in [0, 0.05) is 24.1 Å². The van der Waals surface area contributed by atoms with Gasteiger partial charge < -0.3 is 10.5 Å². The van der Waals surface area contributed by atoms with E-state index in [4.69, 9.17) is 10.5 Å². The molecule has 0 unspecified atom stereocenters. The van der Waals surface area contributed by atoms with E-state index in [0.29, 0.717) is 6.54 Å². The van der Waals surface area contributed by atoms with Crippen molar-refractivity contribution in [3.8, 4) is 11.5 Å². The van der Waals surface area contributed by atoms with Crippen LogP contribution in [0, 0.1) is 0 Å². The van der Waals surface area contributed by atoms with E-state index >= 15 is 0 Å². The number of hydrogen-bond donors (Lipinski definition) is 1. The maximum absolute atomic E-state index is 5.79. The Hall–Kier alpha value is -1.46. The fourth-order valence-corrected chi connectivity index (χ4v) is 2.26. The minimum absolute atomic E-state index is 0.465. The molecule has 17 heavy (non-hydrogen) atoms. The lowest BCUT2D eigenvalue weighted by Crippen LogP contribution is -2.01. The molecule has 1 aromatic carbocycles. The second-order valence-corrected chi connectivity index (χ2v) is 4.44. The zero-order valence-corrected chi connectivity index (χ0v) is 10.7. The van der Waals surface area contributed by atoms with Crippen LogP contribution >= 0.6 is 11.8 Å². The van der Waals surface area contributed by atoms with Crippen molar-refractivity contribution in [2.24, 2.45) is 12.8 Å². The van der Waals surface area contributed by atoms with E-state index in [1.165, 1.54) is 0 Å². The Morgan fingerprint density at radius 2 is 2.29 bits per heavy atom. The summed E-state index contributed by atoms with van der Waals surface area (Å²) in [6.07, 6.45) is 5.54. The van der Waals surface area contributed by atoms with Crippen molar-refractivity contribution >= 4 is 11.8 Å². The topological polar surface area (TPSA) is 53.1 Å². The minimum Gasteiger partial charge on any atom is -0.454 e. The van der Waals surface area contributed by atoms with E-state index in [0.717, 1.165) is 22.0 Å². The first kappa shape index (κ1) is 12.0. The van der Waals surface area contributed by atoms with Crippen molar-refractivity contribution in [1.29, 1.82) is 0 Å². The van der Waals surface area contributed by atoms with Crippen LogP contribution in [-0.4, -0.2) is 16.0 Å². The maximum atomic E-state index is 5.79. The first-order chi connectivity index (χ1) is 8.24. The van der Waals surface area contributed by atoms with Gasteiger partial charge in [0.25, 0.3) is 0 Å². The van der Waals surface area contributed by atoms with Gasteiger partial charge in [0.1, 0.15) is 5.75 Å². The van der Waals surface area contributed by atoms with Gasteiger partial charge in [-0.05, 0) is 18.4 Å². The third-order valence-corrected chi connectivity index (χ3v) is 3.25. The molecule has 2 aromatic rings. The second kappa shape index (κ2) is 5.25. The van der Waals surface area contributed by atoms with Gasteiger partial charge in [-0.3, -0.25) is 4.68 Å². The van der Waals surface area contributed by atoms with Gasteiger partial charge in [0.2, 0.25) is 0 Å². The van der Waals surface area contributed by atoms with E-state index < -0.39 is 0 Å². The van der Waals surface area contributed by atoms with Crippen LogP contribution in [0.3, 0.4) is 0 Å². The molecular weight excluding hydrogens is 234 g/mol. The zero-order valence-electron chi connectivity index (χ0n) is 9.88.